The monoisotopic (exact) mass is 220 g/mol. The third-order valence-electron chi connectivity index (χ3n) is 2.54. The molecule has 0 unspecified atom stereocenters. The van der Waals surface area contributed by atoms with Gasteiger partial charge in [0.25, 0.3) is 0 Å². The van der Waals surface area contributed by atoms with E-state index >= 15 is 0 Å². The molecule has 0 aliphatic heterocycles. The van der Waals surface area contributed by atoms with Crippen LogP contribution in [0.25, 0.3) is 21.7 Å². The van der Waals surface area contributed by atoms with Crippen LogP contribution >= 0.6 is 0 Å². The van der Waals surface area contributed by atoms with Crippen LogP contribution in [-0.4, -0.2) is 14.5 Å². The van der Waals surface area contributed by atoms with Gasteiger partial charge < -0.3 is 0 Å². The Hall–Kier alpha value is -2.67. The van der Waals surface area contributed by atoms with Crippen molar-refractivity contribution in [3.05, 3.63) is 60.3 Å². The van der Waals surface area contributed by atoms with Gasteiger partial charge in [-0.25, -0.2) is 14.8 Å². The fourth-order valence-corrected chi connectivity index (χ4v) is 1.73. The van der Waals surface area contributed by atoms with Crippen LogP contribution in [0.4, 0.5) is 5.69 Å². The second-order valence-electron chi connectivity index (χ2n) is 3.60. The molecule has 3 aromatic rings. The Morgan fingerprint density at radius 3 is 2.71 bits per heavy atom. The third kappa shape index (κ3) is 1.54. The molecule has 0 amide bonds. The average Bonchev–Trinajstić information content (AvgIpc) is 2.82. The largest absolute Gasteiger partial charge is 0.283 e. The first-order chi connectivity index (χ1) is 8.38. The van der Waals surface area contributed by atoms with Gasteiger partial charge in [-0.3, -0.25) is 4.57 Å². The van der Waals surface area contributed by atoms with Crippen LogP contribution in [0.5, 0.6) is 0 Å². The minimum absolute atomic E-state index is 0.510. The smallest absolute Gasteiger partial charge is 0.207 e. The fraction of sp³-hybridized carbons (Fsp3) is 0. The molecule has 0 bridgehead atoms. The van der Waals surface area contributed by atoms with Gasteiger partial charge in [0.15, 0.2) is 5.65 Å². The van der Waals surface area contributed by atoms with Gasteiger partial charge in [-0.2, -0.15) is 0 Å². The average molecular weight is 220 g/mol. The number of para-hydroxylation sites is 1. The van der Waals surface area contributed by atoms with Crippen LogP contribution in [0.15, 0.2) is 48.9 Å². The SMILES string of the molecule is [C-]#[N+]c1cnc2c(c1)ncn2-c1ccccc1. The van der Waals surface area contributed by atoms with Gasteiger partial charge in [0, 0.05) is 11.9 Å². The quantitative estimate of drug-likeness (QED) is 0.591. The molecule has 2 aromatic heterocycles. The minimum Gasteiger partial charge on any atom is -0.283 e. The Labute approximate surface area is 98.0 Å². The summed E-state index contributed by atoms with van der Waals surface area (Å²) in [5, 5.41) is 0. The van der Waals surface area contributed by atoms with Crippen molar-refractivity contribution in [1.29, 1.82) is 0 Å². The first kappa shape index (κ1) is 9.55. The van der Waals surface area contributed by atoms with Crippen LogP contribution in [0.1, 0.15) is 0 Å². The lowest BCUT2D eigenvalue weighted by Gasteiger charge is -2.02. The van der Waals surface area contributed by atoms with E-state index in [0.29, 0.717) is 5.69 Å². The molecular formula is C13H8N4. The normalized spacial score (nSPS) is 10.3. The molecule has 0 radical (unpaired) electrons. The van der Waals surface area contributed by atoms with E-state index < -0.39 is 0 Å². The zero-order valence-corrected chi connectivity index (χ0v) is 8.91. The van der Waals surface area contributed by atoms with Gasteiger partial charge in [0.1, 0.15) is 6.33 Å². The van der Waals surface area contributed by atoms with E-state index in [1.54, 1.807) is 18.6 Å². The van der Waals surface area contributed by atoms with E-state index in [0.717, 1.165) is 16.9 Å². The number of aromatic nitrogens is 3. The first-order valence-electron chi connectivity index (χ1n) is 5.14. The van der Waals surface area contributed by atoms with Crippen molar-refractivity contribution in [3.63, 3.8) is 0 Å². The van der Waals surface area contributed by atoms with Crippen LogP contribution in [-0.2, 0) is 0 Å². The van der Waals surface area contributed by atoms with Crippen molar-refractivity contribution in [3.8, 4) is 5.69 Å². The number of rotatable bonds is 1. The number of fused-ring (bicyclic) bond motifs is 1. The van der Waals surface area contributed by atoms with E-state index in [9.17, 15) is 0 Å². The van der Waals surface area contributed by atoms with E-state index in [2.05, 4.69) is 14.8 Å². The molecule has 4 nitrogen and oxygen atoms in total. The first-order valence-corrected chi connectivity index (χ1v) is 5.14. The van der Waals surface area contributed by atoms with Gasteiger partial charge in [0.2, 0.25) is 5.69 Å². The Balaban J connectivity index is 2.23. The second-order valence-corrected chi connectivity index (χ2v) is 3.60. The highest BCUT2D eigenvalue weighted by atomic mass is 15.1. The lowest BCUT2D eigenvalue weighted by atomic mass is 10.3. The number of nitrogens with zero attached hydrogens (tertiary/aromatic N) is 4. The number of benzene rings is 1. The zero-order chi connectivity index (χ0) is 11.7. The Morgan fingerprint density at radius 1 is 1.12 bits per heavy atom. The summed E-state index contributed by atoms with van der Waals surface area (Å²) in [6, 6.07) is 11.6. The molecule has 1 aromatic carbocycles. The molecule has 0 spiro atoms. The van der Waals surface area contributed by atoms with Crippen LogP contribution in [0.3, 0.4) is 0 Å². The maximum atomic E-state index is 6.94. The molecule has 2 heterocycles. The topological polar surface area (TPSA) is 35.1 Å². The Morgan fingerprint density at radius 2 is 1.94 bits per heavy atom. The predicted octanol–water partition coefficient (Wildman–Crippen LogP) is 2.97. The summed E-state index contributed by atoms with van der Waals surface area (Å²) in [6.45, 7) is 6.94. The highest BCUT2D eigenvalue weighted by Gasteiger charge is 2.06. The van der Waals surface area contributed by atoms with E-state index in [1.807, 2.05) is 34.9 Å². The summed E-state index contributed by atoms with van der Waals surface area (Å²) < 4.78 is 1.91. The summed E-state index contributed by atoms with van der Waals surface area (Å²) in [5.41, 5.74) is 3.03. The molecule has 0 saturated carbocycles. The van der Waals surface area contributed by atoms with Gasteiger partial charge in [0.05, 0.1) is 12.1 Å². The number of imidazole rings is 1. The van der Waals surface area contributed by atoms with Gasteiger partial charge in [-0.15, -0.1) is 0 Å². The van der Waals surface area contributed by atoms with Crippen molar-refractivity contribution in [1.82, 2.24) is 14.5 Å². The van der Waals surface area contributed by atoms with Gasteiger partial charge in [-0.05, 0) is 18.2 Å². The lowest BCUT2D eigenvalue weighted by Crippen LogP contribution is -1.92. The predicted molar refractivity (Wildman–Crippen MR) is 65.1 cm³/mol. The van der Waals surface area contributed by atoms with E-state index in [1.165, 1.54) is 0 Å². The summed E-state index contributed by atoms with van der Waals surface area (Å²) in [5.74, 6) is 0. The van der Waals surface area contributed by atoms with Gasteiger partial charge in [-0.1, -0.05) is 18.2 Å². The molecule has 4 heteroatoms. The summed E-state index contributed by atoms with van der Waals surface area (Å²) >= 11 is 0. The molecule has 0 aliphatic carbocycles. The van der Waals surface area contributed by atoms with Crippen molar-refractivity contribution in [2.24, 2.45) is 0 Å². The minimum atomic E-state index is 0.510. The summed E-state index contributed by atoms with van der Waals surface area (Å²) in [7, 11) is 0. The zero-order valence-electron chi connectivity index (χ0n) is 8.91. The lowest BCUT2D eigenvalue weighted by molar-refractivity contribution is 1.07. The molecule has 17 heavy (non-hydrogen) atoms. The number of hydrogen-bond donors (Lipinski definition) is 0. The molecule has 0 aliphatic rings. The number of pyridine rings is 1. The van der Waals surface area contributed by atoms with Gasteiger partial charge >= 0.3 is 0 Å². The Bertz CT molecular complexity index is 707. The molecule has 80 valence electrons. The molecule has 0 saturated heterocycles. The third-order valence-corrected chi connectivity index (χ3v) is 2.54. The highest BCUT2D eigenvalue weighted by molar-refractivity contribution is 5.76. The van der Waals surface area contributed by atoms with Crippen LogP contribution < -0.4 is 0 Å². The molecule has 0 N–H and O–H groups in total. The van der Waals surface area contributed by atoms with Crippen LogP contribution in [0, 0.1) is 6.57 Å². The second kappa shape index (κ2) is 3.72. The van der Waals surface area contributed by atoms with Crippen molar-refractivity contribution in [2.45, 2.75) is 0 Å². The van der Waals surface area contributed by atoms with Crippen molar-refractivity contribution < 1.29 is 0 Å². The summed E-state index contributed by atoms with van der Waals surface area (Å²) in [6.07, 6.45) is 3.29. The molecule has 0 atom stereocenters. The van der Waals surface area contributed by atoms with Crippen molar-refractivity contribution in [2.75, 3.05) is 0 Å². The number of hydrogen-bond acceptors (Lipinski definition) is 2. The highest BCUT2D eigenvalue weighted by Crippen LogP contribution is 2.20. The molecule has 3 rings (SSSR count). The fourth-order valence-electron chi connectivity index (χ4n) is 1.73. The van der Waals surface area contributed by atoms with E-state index in [-0.39, 0.29) is 0 Å². The summed E-state index contributed by atoms with van der Waals surface area (Å²) in [4.78, 5) is 11.9. The van der Waals surface area contributed by atoms with E-state index in [4.69, 9.17) is 6.57 Å². The molecule has 0 fully saturated rings. The standard InChI is InChI=1S/C13H8N4/c1-14-10-7-12-13(15-8-10)17(9-16-12)11-5-3-2-4-6-11/h2-9H. The molecular weight excluding hydrogens is 212 g/mol. The van der Waals surface area contributed by atoms with Crippen molar-refractivity contribution >= 4 is 16.9 Å². The maximum Gasteiger partial charge on any atom is 0.207 e. The van der Waals surface area contributed by atoms with Crippen LogP contribution in [0.2, 0.25) is 0 Å². The maximum absolute atomic E-state index is 6.94. The Kier molecular flexibility index (Phi) is 2.09.